The molecular formula is C22H25N3O3. The predicted molar refractivity (Wildman–Crippen MR) is 111 cm³/mol. The molecule has 1 aliphatic heterocycles. The molecule has 0 bridgehead atoms. The van der Waals surface area contributed by atoms with Crippen molar-refractivity contribution in [2.45, 2.75) is 39.5 Å². The molecule has 2 N–H and O–H groups in total. The lowest BCUT2D eigenvalue weighted by Crippen LogP contribution is -2.29. The molecule has 6 nitrogen and oxygen atoms in total. The van der Waals surface area contributed by atoms with Crippen LogP contribution in [0.3, 0.4) is 0 Å². The van der Waals surface area contributed by atoms with Gasteiger partial charge in [0.1, 0.15) is 0 Å². The summed E-state index contributed by atoms with van der Waals surface area (Å²) in [5, 5.41) is 5.21. The minimum absolute atomic E-state index is 0.0779. The molecule has 1 heterocycles. The second-order valence-electron chi connectivity index (χ2n) is 7.34. The van der Waals surface area contributed by atoms with Gasteiger partial charge in [-0.05, 0) is 54.7 Å². The molecule has 0 saturated carbocycles. The van der Waals surface area contributed by atoms with E-state index in [1.165, 1.54) is 0 Å². The summed E-state index contributed by atoms with van der Waals surface area (Å²) < 4.78 is 0. The summed E-state index contributed by atoms with van der Waals surface area (Å²) in [5.41, 5.74) is 3.92. The number of hydrogen-bond acceptors (Lipinski definition) is 3. The molecule has 28 heavy (non-hydrogen) atoms. The standard InChI is InChI=1S/C22H25N3O3/c1-14(2)16-7-10-17(11-8-16)23-21(27)22(28)24-18-9-6-15(3)19(13-18)25-12-4-5-20(25)26/h6-11,13-14H,4-5,12H2,1-3H3,(H,23,27)(H,24,28). The molecular weight excluding hydrogens is 354 g/mol. The Morgan fingerprint density at radius 3 is 2.14 bits per heavy atom. The van der Waals surface area contributed by atoms with Gasteiger partial charge in [-0.1, -0.05) is 32.0 Å². The van der Waals surface area contributed by atoms with Crippen molar-refractivity contribution in [1.29, 1.82) is 0 Å². The average molecular weight is 379 g/mol. The minimum atomic E-state index is -0.754. The first kappa shape index (κ1) is 19.6. The molecule has 6 heteroatoms. The molecule has 0 radical (unpaired) electrons. The normalized spacial score (nSPS) is 13.7. The fourth-order valence-electron chi connectivity index (χ4n) is 3.21. The Labute approximate surface area is 164 Å². The molecule has 146 valence electrons. The Balaban J connectivity index is 1.67. The molecule has 1 saturated heterocycles. The van der Waals surface area contributed by atoms with Crippen molar-refractivity contribution < 1.29 is 14.4 Å². The molecule has 0 atom stereocenters. The largest absolute Gasteiger partial charge is 0.318 e. The Morgan fingerprint density at radius 2 is 1.57 bits per heavy atom. The van der Waals surface area contributed by atoms with Gasteiger partial charge in [-0.3, -0.25) is 14.4 Å². The number of anilines is 3. The molecule has 0 unspecified atom stereocenters. The lowest BCUT2D eigenvalue weighted by Gasteiger charge is -2.19. The quantitative estimate of drug-likeness (QED) is 0.793. The molecule has 3 amide bonds. The van der Waals surface area contributed by atoms with Crippen LogP contribution in [0.2, 0.25) is 0 Å². The molecule has 2 aromatic carbocycles. The van der Waals surface area contributed by atoms with Crippen molar-refractivity contribution in [1.82, 2.24) is 0 Å². The lowest BCUT2D eigenvalue weighted by atomic mass is 10.0. The van der Waals surface area contributed by atoms with E-state index in [4.69, 9.17) is 0 Å². The van der Waals surface area contributed by atoms with Gasteiger partial charge in [-0.2, -0.15) is 0 Å². The number of hydrogen-bond donors (Lipinski definition) is 2. The van der Waals surface area contributed by atoms with Crippen LogP contribution in [0, 0.1) is 6.92 Å². The number of carbonyl (C=O) groups excluding carboxylic acids is 3. The number of benzene rings is 2. The zero-order valence-electron chi connectivity index (χ0n) is 16.4. The average Bonchev–Trinajstić information content (AvgIpc) is 3.09. The van der Waals surface area contributed by atoms with Gasteiger partial charge in [-0.25, -0.2) is 0 Å². The fourth-order valence-corrected chi connectivity index (χ4v) is 3.21. The highest BCUT2D eigenvalue weighted by Crippen LogP contribution is 2.28. The summed E-state index contributed by atoms with van der Waals surface area (Å²) in [5.74, 6) is -1.02. The van der Waals surface area contributed by atoms with E-state index in [9.17, 15) is 14.4 Å². The Morgan fingerprint density at radius 1 is 0.964 bits per heavy atom. The number of nitrogens with one attached hydrogen (secondary N) is 2. The minimum Gasteiger partial charge on any atom is -0.318 e. The summed E-state index contributed by atoms with van der Waals surface area (Å²) in [4.78, 5) is 38.2. The molecule has 0 aliphatic carbocycles. The summed E-state index contributed by atoms with van der Waals surface area (Å²) in [6.07, 6.45) is 1.36. The number of carbonyl (C=O) groups is 3. The van der Waals surface area contributed by atoms with E-state index >= 15 is 0 Å². The monoisotopic (exact) mass is 379 g/mol. The number of amides is 3. The third-order valence-corrected chi connectivity index (χ3v) is 4.87. The Kier molecular flexibility index (Phi) is 5.78. The second-order valence-corrected chi connectivity index (χ2v) is 7.34. The van der Waals surface area contributed by atoms with Crippen molar-refractivity contribution in [2.75, 3.05) is 22.1 Å². The first-order valence-corrected chi connectivity index (χ1v) is 9.48. The van der Waals surface area contributed by atoms with Crippen molar-refractivity contribution in [3.8, 4) is 0 Å². The molecule has 1 aliphatic rings. The van der Waals surface area contributed by atoms with Crippen LogP contribution < -0.4 is 15.5 Å². The number of aryl methyl sites for hydroxylation is 1. The molecule has 2 aromatic rings. The van der Waals surface area contributed by atoms with Crippen molar-refractivity contribution in [3.63, 3.8) is 0 Å². The third kappa shape index (κ3) is 4.39. The van der Waals surface area contributed by atoms with Crippen LogP contribution >= 0.6 is 0 Å². The first-order chi connectivity index (χ1) is 13.3. The van der Waals surface area contributed by atoms with Gasteiger partial charge in [0.25, 0.3) is 0 Å². The van der Waals surface area contributed by atoms with Crippen LogP contribution in [0.1, 0.15) is 43.7 Å². The zero-order valence-corrected chi connectivity index (χ0v) is 16.4. The van der Waals surface area contributed by atoms with Crippen LogP contribution in [0.5, 0.6) is 0 Å². The van der Waals surface area contributed by atoms with Gasteiger partial charge in [0.05, 0.1) is 0 Å². The van der Waals surface area contributed by atoms with E-state index in [0.29, 0.717) is 30.3 Å². The molecule has 0 spiro atoms. The van der Waals surface area contributed by atoms with E-state index in [1.807, 2.05) is 25.1 Å². The topological polar surface area (TPSA) is 78.5 Å². The van der Waals surface area contributed by atoms with Gasteiger partial charge in [-0.15, -0.1) is 0 Å². The molecule has 3 rings (SSSR count). The van der Waals surface area contributed by atoms with E-state index in [-0.39, 0.29) is 5.91 Å². The van der Waals surface area contributed by atoms with Crippen molar-refractivity contribution in [2.24, 2.45) is 0 Å². The fraction of sp³-hybridized carbons (Fsp3) is 0.318. The second kappa shape index (κ2) is 8.25. The van der Waals surface area contributed by atoms with Gasteiger partial charge >= 0.3 is 11.8 Å². The highest BCUT2D eigenvalue weighted by molar-refractivity contribution is 6.43. The predicted octanol–water partition coefficient (Wildman–Crippen LogP) is 3.82. The Hall–Kier alpha value is -3.15. The smallest absolute Gasteiger partial charge is 0.314 e. The van der Waals surface area contributed by atoms with Crippen LogP contribution in [0.4, 0.5) is 17.1 Å². The van der Waals surface area contributed by atoms with Gasteiger partial charge < -0.3 is 15.5 Å². The summed E-state index contributed by atoms with van der Waals surface area (Å²) >= 11 is 0. The Bertz CT molecular complexity index is 904. The zero-order chi connectivity index (χ0) is 20.3. The summed E-state index contributed by atoms with van der Waals surface area (Å²) in [6, 6.07) is 12.7. The summed E-state index contributed by atoms with van der Waals surface area (Å²) in [7, 11) is 0. The van der Waals surface area contributed by atoms with Crippen LogP contribution in [0.15, 0.2) is 42.5 Å². The highest BCUT2D eigenvalue weighted by Gasteiger charge is 2.23. The number of rotatable bonds is 4. The maximum absolute atomic E-state index is 12.3. The first-order valence-electron chi connectivity index (χ1n) is 9.48. The van der Waals surface area contributed by atoms with E-state index < -0.39 is 11.8 Å². The number of nitrogens with zero attached hydrogens (tertiary/aromatic N) is 1. The van der Waals surface area contributed by atoms with Crippen LogP contribution in [0.25, 0.3) is 0 Å². The lowest BCUT2D eigenvalue weighted by molar-refractivity contribution is -0.132. The maximum atomic E-state index is 12.3. The highest BCUT2D eigenvalue weighted by atomic mass is 16.2. The van der Waals surface area contributed by atoms with Crippen LogP contribution in [-0.2, 0) is 14.4 Å². The SMILES string of the molecule is Cc1ccc(NC(=O)C(=O)Nc2ccc(C(C)C)cc2)cc1N1CCCC1=O. The molecule has 1 fully saturated rings. The maximum Gasteiger partial charge on any atom is 0.314 e. The van der Waals surface area contributed by atoms with E-state index in [2.05, 4.69) is 24.5 Å². The van der Waals surface area contributed by atoms with Crippen LogP contribution in [-0.4, -0.2) is 24.3 Å². The summed E-state index contributed by atoms with van der Waals surface area (Å²) in [6.45, 7) is 6.77. The molecule has 0 aromatic heterocycles. The third-order valence-electron chi connectivity index (χ3n) is 4.87. The van der Waals surface area contributed by atoms with Crippen molar-refractivity contribution in [3.05, 3.63) is 53.6 Å². The van der Waals surface area contributed by atoms with Gasteiger partial charge in [0.2, 0.25) is 5.91 Å². The van der Waals surface area contributed by atoms with E-state index in [0.717, 1.165) is 23.2 Å². The van der Waals surface area contributed by atoms with Gasteiger partial charge in [0.15, 0.2) is 0 Å². The van der Waals surface area contributed by atoms with E-state index in [1.54, 1.807) is 29.2 Å². The van der Waals surface area contributed by atoms with Gasteiger partial charge in [0, 0.05) is 30.0 Å². The van der Waals surface area contributed by atoms with Crippen molar-refractivity contribution >= 4 is 34.8 Å².